The molecule has 0 aromatic carbocycles. The highest BCUT2D eigenvalue weighted by Crippen LogP contribution is 2.14. The predicted octanol–water partition coefficient (Wildman–Crippen LogP) is 0.527. The van der Waals surface area contributed by atoms with E-state index in [1.54, 1.807) is 0 Å². The van der Waals surface area contributed by atoms with Crippen LogP contribution >= 0.6 is 0 Å². The number of alkyl halides is 3. The van der Waals surface area contributed by atoms with Crippen molar-refractivity contribution in [3.05, 3.63) is 12.3 Å². The number of halogens is 3. The second-order valence-corrected chi connectivity index (χ2v) is 3.59. The lowest BCUT2D eigenvalue weighted by molar-refractivity contribution is -0.118. The summed E-state index contributed by atoms with van der Waals surface area (Å²) < 4.78 is 40.9. The monoisotopic (exact) mass is 293 g/mol. The number of aliphatic hydroxyl groups is 1. The summed E-state index contributed by atoms with van der Waals surface area (Å²) in [5.41, 5.74) is 5.29. The number of ether oxygens (including phenoxy) is 1. The first-order valence-corrected chi connectivity index (χ1v) is 5.61. The van der Waals surface area contributed by atoms with Crippen LogP contribution in [0.15, 0.2) is 17.3 Å². The summed E-state index contributed by atoms with van der Waals surface area (Å²) >= 11 is 0. The minimum atomic E-state index is -4.42. The molecule has 20 heavy (non-hydrogen) atoms. The number of aromatic nitrogens is 2. The van der Waals surface area contributed by atoms with Gasteiger partial charge >= 0.3 is 12.2 Å². The number of hydrogen-bond acceptors (Lipinski definition) is 5. The summed E-state index contributed by atoms with van der Waals surface area (Å²) in [4.78, 5) is 10.8. The van der Waals surface area contributed by atoms with Gasteiger partial charge in [0.25, 0.3) is 0 Å². The van der Waals surface area contributed by atoms with E-state index in [4.69, 9.17) is 15.6 Å². The molecule has 0 saturated carbocycles. The highest BCUT2D eigenvalue weighted by molar-refractivity contribution is 5.91. The number of rotatable bonds is 6. The minimum absolute atomic E-state index is 0.0204. The first-order valence-electron chi connectivity index (χ1n) is 5.61. The summed E-state index contributed by atoms with van der Waals surface area (Å²) in [6, 6.07) is 1.42. The zero-order valence-electron chi connectivity index (χ0n) is 10.4. The smallest absolute Gasteiger partial charge is 0.408 e. The maximum Gasteiger partial charge on any atom is 0.408 e. The van der Waals surface area contributed by atoms with Crippen LogP contribution in [0, 0.1) is 0 Å². The molecule has 1 rings (SSSR count). The van der Waals surface area contributed by atoms with Crippen molar-refractivity contribution < 1.29 is 23.0 Å². The van der Waals surface area contributed by atoms with Gasteiger partial charge in [0.15, 0.2) is 5.96 Å². The number of anilines is 1. The predicted molar refractivity (Wildman–Crippen MR) is 65.4 cm³/mol. The fourth-order valence-electron chi connectivity index (χ4n) is 1.05. The number of hydrogen-bond donors (Lipinski definition) is 3. The number of aliphatic imine (C=N–C) groups is 1. The van der Waals surface area contributed by atoms with Crippen LogP contribution in [0.2, 0.25) is 0 Å². The minimum Gasteiger partial charge on any atom is -0.463 e. The van der Waals surface area contributed by atoms with Crippen LogP contribution in [-0.2, 0) is 0 Å². The van der Waals surface area contributed by atoms with Crippen LogP contribution < -0.4 is 15.8 Å². The second kappa shape index (κ2) is 7.48. The molecule has 0 spiro atoms. The molecule has 0 amide bonds. The Labute approximate surface area is 112 Å². The van der Waals surface area contributed by atoms with Crippen LogP contribution in [-0.4, -0.2) is 47.0 Å². The van der Waals surface area contributed by atoms with Gasteiger partial charge < -0.3 is 20.9 Å². The lowest BCUT2D eigenvalue weighted by Crippen LogP contribution is -2.26. The van der Waals surface area contributed by atoms with Crippen LogP contribution in [0.1, 0.15) is 6.42 Å². The maximum absolute atomic E-state index is 11.9. The Hall–Kier alpha value is -2.10. The van der Waals surface area contributed by atoms with E-state index in [1.807, 2.05) is 0 Å². The Morgan fingerprint density at radius 1 is 1.50 bits per heavy atom. The Kier molecular flexibility index (Phi) is 5.97. The van der Waals surface area contributed by atoms with Crippen molar-refractivity contribution in [1.82, 2.24) is 9.97 Å². The van der Waals surface area contributed by atoms with Gasteiger partial charge in [-0.25, -0.2) is 9.98 Å². The standard InChI is InChI=1S/C10H14F3N5O2/c11-10(12,13)6-16-8(14)17-7-2-3-15-9(18-7)20-5-1-4-19/h2-3,19H,1,4-6H2,(H3,14,15,16,17,18). The quantitative estimate of drug-likeness (QED) is 0.401. The van der Waals surface area contributed by atoms with Crippen LogP contribution in [0.4, 0.5) is 19.0 Å². The highest BCUT2D eigenvalue weighted by atomic mass is 19.4. The molecule has 1 heterocycles. The van der Waals surface area contributed by atoms with E-state index < -0.39 is 18.7 Å². The zero-order valence-corrected chi connectivity index (χ0v) is 10.4. The maximum atomic E-state index is 11.9. The molecule has 0 aliphatic rings. The SMILES string of the molecule is N/C(=N/CC(F)(F)F)Nc1ccnc(OCCCO)n1. The molecule has 112 valence electrons. The van der Waals surface area contributed by atoms with Crippen LogP contribution in [0.5, 0.6) is 6.01 Å². The molecule has 4 N–H and O–H groups in total. The molecule has 0 radical (unpaired) electrons. The molecule has 0 aliphatic heterocycles. The van der Waals surface area contributed by atoms with E-state index in [2.05, 4.69) is 20.3 Å². The number of aliphatic hydroxyl groups excluding tert-OH is 1. The van der Waals surface area contributed by atoms with Crippen molar-refractivity contribution >= 4 is 11.8 Å². The van der Waals surface area contributed by atoms with E-state index in [0.29, 0.717) is 6.42 Å². The molecular formula is C10H14F3N5O2. The van der Waals surface area contributed by atoms with Gasteiger partial charge in [0.2, 0.25) is 0 Å². The summed E-state index contributed by atoms with van der Waals surface area (Å²) in [5, 5.41) is 11.0. The van der Waals surface area contributed by atoms with E-state index in [-0.39, 0.29) is 25.0 Å². The van der Waals surface area contributed by atoms with Crippen molar-refractivity contribution in [2.75, 3.05) is 25.1 Å². The Morgan fingerprint density at radius 2 is 2.25 bits per heavy atom. The molecule has 0 aliphatic carbocycles. The van der Waals surface area contributed by atoms with Gasteiger partial charge in [-0.3, -0.25) is 0 Å². The molecule has 10 heteroatoms. The van der Waals surface area contributed by atoms with Gasteiger partial charge in [-0.05, 0) is 6.07 Å². The summed E-state index contributed by atoms with van der Waals surface area (Å²) in [5.74, 6) is -0.259. The van der Waals surface area contributed by atoms with Crippen molar-refractivity contribution in [3.8, 4) is 6.01 Å². The fraction of sp³-hybridized carbons (Fsp3) is 0.500. The molecule has 1 aromatic rings. The third-order valence-corrected chi connectivity index (χ3v) is 1.85. The third-order valence-electron chi connectivity index (χ3n) is 1.85. The Morgan fingerprint density at radius 3 is 2.90 bits per heavy atom. The normalized spacial score (nSPS) is 12.3. The number of nitrogens with one attached hydrogen (secondary N) is 1. The first kappa shape index (κ1) is 16.0. The average Bonchev–Trinajstić information content (AvgIpc) is 2.36. The third kappa shape index (κ3) is 6.73. The molecular weight excluding hydrogens is 279 g/mol. The van der Waals surface area contributed by atoms with E-state index in [9.17, 15) is 13.2 Å². The summed E-state index contributed by atoms with van der Waals surface area (Å²) in [6.07, 6.45) is -2.66. The molecule has 0 unspecified atom stereocenters. The molecule has 0 bridgehead atoms. The molecule has 7 nitrogen and oxygen atoms in total. The first-order chi connectivity index (χ1) is 9.40. The Balaban J connectivity index is 2.57. The lowest BCUT2D eigenvalue weighted by atomic mass is 10.5. The summed E-state index contributed by atoms with van der Waals surface area (Å²) in [6.45, 7) is -1.19. The van der Waals surface area contributed by atoms with Gasteiger partial charge in [-0.2, -0.15) is 18.2 Å². The largest absolute Gasteiger partial charge is 0.463 e. The number of guanidine groups is 1. The van der Waals surface area contributed by atoms with Crippen molar-refractivity contribution in [2.24, 2.45) is 10.7 Å². The molecule has 0 saturated heterocycles. The molecule has 0 atom stereocenters. The van der Waals surface area contributed by atoms with Crippen molar-refractivity contribution in [1.29, 1.82) is 0 Å². The van der Waals surface area contributed by atoms with E-state index >= 15 is 0 Å². The number of nitrogens with zero attached hydrogens (tertiary/aromatic N) is 3. The topological polar surface area (TPSA) is 106 Å². The van der Waals surface area contributed by atoms with Crippen molar-refractivity contribution in [3.63, 3.8) is 0 Å². The van der Waals surface area contributed by atoms with Crippen molar-refractivity contribution in [2.45, 2.75) is 12.6 Å². The van der Waals surface area contributed by atoms with Gasteiger partial charge in [0.05, 0.1) is 6.61 Å². The van der Waals surface area contributed by atoms with E-state index in [0.717, 1.165) is 0 Å². The van der Waals surface area contributed by atoms with Crippen LogP contribution in [0.25, 0.3) is 0 Å². The lowest BCUT2D eigenvalue weighted by Gasteiger charge is -2.07. The van der Waals surface area contributed by atoms with E-state index in [1.165, 1.54) is 12.3 Å². The molecule has 1 aromatic heterocycles. The fourth-order valence-corrected chi connectivity index (χ4v) is 1.05. The Bertz CT molecular complexity index is 453. The van der Waals surface area contributed by atoms with Gasteiger partial charge in [-0.1, -0.05) is 0 Å². The number of nitrogens with two attached hydrogens (primary N) is 1. The van der Waals surface area contributed by atoms with Gasteiger partial charge in [0, 0.05) is 19.2 Å². The highest BCUT2D eigenvalue weighted by Gasteiger charge is 2.26. The van der Waals surface area contributed by atoms with Crippen LogP contribution in [0.3, 0.4) is 0 Å². The van der Waals surface area contributed by atoms with Gasteiger partial charge in [0.1, 0.15) is 12.4 Å². The second-order valence-electron chi connectivity index (χ2n) is 3.59. The summed E-state index contributed by atoms with van der Waals surface area (Å²) in [7, 11) is 0. The average molecular weight is 293 g/mol. The zero-order chi connectivity index (χ0) is 15.0. The molecule has 0 fully saturated rings. The van der Waals surface area contributed by atoms with Gasteiger partial charge in [-0.15, -0.1) is 0 Å².